The van der Waals surface area contributed by atoms with Gasteiger partial charge in [0.25, 0.3) is 5.91 Å². The number of hydrogen-bond donors (Lipinski definition) is 4. The van der Waals surface area contributed by atoms with E-state index >= 15 is 0 Å². The number of fused-ring (bicyclic) bond motifs is 1. The Labute approximate surface area is 350 Å². The Morgan fingerprint density at radius 2 is 1.72 bits per heavy atom. The summed E-state index contributed by atoms with van der Waals surface area (Å²) in [6.07, 6.45) is -1.78. The molecule has 3 saturated carbocycles. The summed E-state index contributed by atoms with van der Waals surface area (Å²) in [6, 6.07) is 4.53. The maximum Gasteiger partial charge on any atom is 0.408 e. The monoisotopic (exact) mass is 875 g/mol. The lowest BCUT2D eigenvalue weighted by Crippen LogP contribution is -2.59. The van der Waals surface area contributed by atoms with Gasteiger partial charge in [-0.05, 0) is 76.8 Å². The van der Waals surface area contributed by atoms with E-state index in [1.165, 1.54) is 23.3 Å². The molecule has 2 aromatic heterocycles. The van der Waals surface area contributed by atoms with Gasteiger partial charge in [0.05, 0.1) is 36.0 Å². The highest BCUT2D eigenvalue weighted by molar-refractivity contribution is 7.91. The number of ether oxygens (including phenoxy) is 3. The third-order valence-electron chi connectivity index (χ3n) is 11.4. The fourth-order valence-electron chi connectivity index (χ4n) is 7.84. The van der Waals surface area contributed by atoms with E-state index in [4.69, 9.17) is 24.2 Å². The number of anilines is 1. The molecule has 1 aliphatic heterocycles. The number of methoxy groups -OCH3 is 1. The first-order chi connectivity index (χ1) is 28.5. The summed E-state index contributed by atoms with van der Waals surface area (Å²) in [5.41, 5.74) is -0.670. The second kappa shape index (κ2) is 17.3. The Balaban J connectivity index is 1.20. The fraction of sp³-hybridized carbons (Fsp3) is 0.600. The molecule has 3 aliphatic carbocycles. The molecular weight excluding hydrogens is 825 g/mol. The van der Waals surface area contributed by atoms with E-state index in [9.17, 15) is 36.4 Å². The van der Waals surface area contributed by atoms with Crippen LogP contribution >= 0.6 is 11.3 Å². The van der Waals surface area contributed by atoms with Gasteiger partial charge in [0.2, 0.25) is 28.3 Å². The van der Waals surface area contributed by atoms with Crippen LogP contribution in [0.4, 0.5) is 18.7 Å². The van der Waals surface area contributed by atoms with Crippen molar-refractivity contribution in [3.8, 4) is 22.9 Å². The number of likely N-dealkylation sites (tertiary alicyclic amines) is 1. The first kappa shape index (κ1) is 43.2. The van der Waals surface area contributed by atoms with Crippen LogP contribution in [0.5, 0.6) is 11.5 Å². The van der Waals surface area contributed by atoms with Crippen molar-refractivity contribution in [2.75, 3.05) is 19.0 Å². The van der Waals surface area contributed by atoms with Crippen molar-refractivity contribution in [1.29, 1.82) is 0 Å². The number of amides is 4. The molecule has 4 aliphatic rings. The highest BCUT2D eigenvalue weighted by atomic mass is 32.2. The number of nitrogens with one attached hydrogen (secondary N) is 4. The van der Waals surface area contributed by atoms with E-state index in [-0.39, 0.29) is 25.1 Å². The van der Waals surface area contributed by atoms with Gasteiger partial charge >= 0.3 is 6.09 Å². The molecule has 0 spiro atoms. The lowest BCUT2D eigenvalue weighted by Gasteiger charge is -2.31. The Hall–Kier alpha value is -4.85. The molecule has 60 heavy (non-hydrogen) atoms. The van der Waals surface area contributed by atoms with E-state index in [1.807, 2.05) is 23.9 Å². The first-order valence-electron chi connectivity index (χ1n) is 20.3. The molecule has 4 fully saturated rings. The number of halogens is 2. The average Bonchev–Trinajstić information content (AvgIpc) is 4.00. The van der Waals surface area contributed by atoms with Crippen molar-refractivity contribution < 1.29 is 50.6 Å². The van der Waals surface area contributed by atoms with Crippen LogP contribution in [0, 0.1) is 11.8 Å². The SMILES string of the molecule is COc1ccc2c(O[C@@H]3CC(C(=O)N[C@@]4(C(=O)NS(=O)(=O)C5CC5)C[C@H]4C(F)F)N(C(=O)[C@@H](NC(=O)OC4CCCC4)C(C)C)C3)cc(-c3csc(NC(C)C)n3)nc2c1. The number of rotatable bonds is 16. The first-order valence-corrected chi connectivity index (χ1v) is 22.7. The molecule has 4 N–H and O–H groups in total. The van der Waals surface area contributed by atoms with Crippen molar-refractivity contribution in [1.82, 2.24) is 30.2 Å². The predicted molar refractivity (Wildman–Crippen MR) is 218 cm³/mol. The number of sulfonamides is 1. The van der Waals surface area contributed by atoms with E-state index < -0.39 is 87.5 Å². The number of alkyl halides is 2. The number of alkyl carbamates (subject to hydrolysis) is 1. The van der Waals surface area contributed by atoms with Crippen LogP contribution in [0.3, 0.4) is 0 Å². The standard InChI is InChI=1S/C40H51F2N7O9S2/c1-20(2)33(46-39(53)58-22-8-6-7-9-22)36(51)49-18-24(15-31(49)35(50)47-40(17-27(40)34(41)42)37(52)48-60(54,55)25-11-12-25)57-32-16-29(30-19-59-38(45-30)43-21(3)4)44-28-14-23(56-5)10-13-26(28)32/h10,13-14,16,19-22,24-25,27,31,33-34H,6-9,11-12,15,17-18H2,1-5H3,(H,43,45)(H,46,53)(H,47,50)(H,48,52)/t24-,27+,31?,33+,40+/m1/s1. The van der Waals surface area contributed by atoms with E-state index in [0.717, 1.165) is 12.8 Å². The summed E-state index contributed by atoms with van der Waals surface area (Å²) >= 11 is 1.41. The van der Waals surface area contributed by atoms with Gasteiger partial charge in [-0.15, -0.1) is 11.3 Å². The van der Waals surface area contributed by atoms with Crippen LogP contribution in [0.1, 0.15) is 79.1 Å². The summed E-state index contributed by atoms with van der Waals surface area (Å²) in [5, 5.41) is 10.7. The molecule has 4 amide bonds. The third kappa shape index (κ3) is 9.38. The van der Waals surface area contributed by atoms with Crippen molar-refractivity contribution in [2.24, 2.45) is 11.8 Å². The largest absolute Gasteiger partial charge is 0.497 e. The number of pyridine rings is 1. The van der Waals surface area contributed by atoms with Crippen molar-refractivity contribution >= 4 is 61.2 Å². The number of nitrogens with zero attached hydrogens (tertiary/aromatic N) is 3. The smallest absolute Gasteiger partial charge is 0.408 e. The molecular formula is C40H51F2N7O9S2. The van der Waals surface area contributed by atoms with Crippen LogP contribution in [-0.2, 0) is 29.1 Å². The molecule has 1 unspecified atom stereocenters. The van der Waals surface area contributed by atoms with Gasteiger partial charge in [-0.1, -0.05) is 13.8 Å². The molecule has 0 bridgehead atoms. The normalized spacial score (nSPS) is 23.5. The summed E-state index contributed by atoms with van der Waals surface area (Å²) in [5.74, 6) is -4.13. The minimum absolute atomic E-state index is 0.138. The van der Waals surface area contributed by atoms with Gasteiger partial charge < -0.3 is 35.1 Å². The van der Waals surface area contributed by atoms with Gasteiger partial charge in [-0.2, -0.15) is 0 Å². The number of aromatic nitrogens is 2. The van der Waals surface area contributed by atoms with Crippen LogP contribution in [-0.4, -0.2) is 108 Å². The Kier molecular flexibility index (Phi) is 12.4. The lowest BCUT2D eigenvalue weighted by atomic mass is 10.0. The van der Waals surface area contributed by atoms with Crippen LogP contribution in [0.2, 0.25) is 0 Å². The van der Waals surface area contributed by atoms with Crippen LogP contribution in [0.25, 0.3) is 22.3 Å². The minimum Gasteiger partial charge on any atom is -0.497 e. The van der Waals surface area contributed by atoms with Gasteiger partial charge in [0.15, 0.2) is 5.13 Å². The maximum atomic E-state index is 14.5. The molecule has 5 atom stereocenters. The maximum absolute atomic E-state index is 14.5. The Morgan fingerprint density at radius 3 is 2.35 bits per heavy atom. The summed E-state index contributed by atoms with van der Waals surface area (Å²) in [4.78, 5) is 66.2. The van der Waals surface area contributed by atoms with Gasteiger partial charge in [0, 0.05) is 35.4 Å². The Morgan fingerprint density at radius 1 is 0.983 bits per heavy atom. The number of carbonyl (C=O) groups excluding carboxylic acids is 4. The molecule has 0 radical (unpaired) electrons. The van der Waals surface area contributed by atoms with E-state index in [2.05, 4.69) is 16.0 Å². The Bertz CT molecular complexity index is 2230. The van der Waals surface area contributed by atoms with E-state index in [0.29, 0.717) is 64.6 Å². The van der Waals surface area contributed by atoms with Crippen molar-refractivity contribution in [3.63, 3.8) is 0 Å². The third-order valence-corrected chi connectivity index (χ3v) is 13.9. The molecule has 16 nitrogen and oxygen atoms in total. The highest BCUT2D eigenvalue weighted by Gasteiger charge is 2.66. The zero-order valence-electron chi connectivity index (χ0n) is 34.0. The minimum atomic E-state index is -4.15. The molecule has 3 heterocycles. The molecule has 20 heteroatoms. The zero-order chi connectivity index (χ0) is 43.1. The van der Waals surface area contributed by atoms with Crippen molar-refractivity contribution in [2.45, 2.75) is 127 Å². The predicted octanol–water partition coefficient (Wildman–Crippen LogP) is 4.98. The summed E-state index contributed by atoms with van der Waals surface area (Å²) in [7, 11) is -2.62. The van der Waals surface area contributed by atoms with Crippen LogP contribution in [0.15, 0.2) is 29.6 Å². The van der Waals surface area contributed by atoms with Crippen molar-refractivity contribution in [3.05, 3.63) is 29.6 Å². The summed E-state index contributed by atoms with van der Waals surface area (Å²) in [6.45, 7) is 7.24. The second-order valence-corrected chi connectivity index (χ2v) is 19.5. The molecule has 1 saturated heterocycles. The fourth-order valence-corrected chi connectivity index (χ4v) is 10.1. The second-order valence-electron chi connectivity index (χ2n) is 16.7. The number of benzene rings is 1. The van der Waals surface area contributed by atoms with Gasteiger partial charge in [-0.25, -0.2) is 32.0 Å². The zero-order valence-corrected chi connectivity index (χ0v) is 35.7. The quantitative estimate of drug-likeness (QED) is 0.150. The topological polar surface area (TPSA) is 207 Å². The number of thiazole rings is 1. The van der Waals surface area contributed by atoms with E-state index in [1.54, 1.807) is 38.1 Å². The van der Waals surface area contributed by atoms with Gasteiger partial charge in [-0.3, -0.25) is 19.1 Å². The average molecular weight is 876 g/mol. The van der Waals surface area contributed by atoms with Gasteiger partial charge in [0.1, 0.15) is 47.0 Å². The molecule has 7 rings (SSSR count). The molecule has 326 valence electrons. The highest BCUT2D eigenvalue weighted by Crippen LogP contribution is 2.48. The number of hydrogen-bond acceptors (Lipinski definition) is 13. The molecule has 1 aromatic carbocycles. The number of carbonyl (C=O) groups is 4. The van der Waals surface area contributed by atoms with Crippen LogP contribution < -0.4 is 30.1 Å². The summed E-state index contributed by atoms with van der Waals surface area (Å²) < 4.78 is 73.5. The lowest BCUT2D eigenvalue weighted by molar-refractivity contribution is -0.142. The molecule has 3 aromatic rings.